The van der Waals surface area contributed by atoms with Crippen molar-refractivity contribution in [3.63, 3.8) is 0 Å². The number of rotatable bonds is 1. The Morgan fingerprint density at radius 1 is 1.53 bits per heavy atom. The van der Waals surface area contributed by atoms with Crippen molar-refractivity contribution in [2.24, 2.45) is 7.05 Å². The summed E-state index contributed by atoms with van der Waals surface area (Å²) in [5.41, 5.74) is -0.816. The van der Waals surface area contributed by atoms with Gasteiger partial charge in [-0.1, -0.05) is 0 Å². The lowest BCUT2D eigenvalue weighted by molar-refractivity contribution is 0.203. The van der Waals surface area contributed by atoms with Crippen LogP contribution in [0, 0.1) is 3.57 Å². The zero-order chi connectivity index (χ0) is 14.2. The molecule has 0 bridgehead atoms. The van der Waals surface area contributed by atoms with Crippen molar-refractivity contribution in [1.82, 2.24) is 14.9 Å². The molecule has 1 amide bonds. The van der Waals surface area contributed by atoms with Crippen molar-refractivity contribution in [3.05, 3.63) is 30.7 Å². The molecule has 0 saturated carbocycles. The van der Waals surface area contributed by atoms with Crippen molar-refractivity contribution in [2.75, 3.05) is 7.05 Å². The number of carbonyl (C=O) groups excluding carboxylic acids is 1. The molecule has 1 N–H and O–H groups in total. The van der Waals surface area contributed by atoms with E-state index in [9.17, 15) is 14.4 Å². The van der Waals surface area contributed by atoms with Gasteiger partial charge in [-0.3, -0.25) is 4.57 Å². The molecule has 0 fully saturated rings. The number of amides is 1. The van der Waals surface area contributed by atoms with Crippen LogP contribution in [0.25, 0.3) is 11.0 Å². The molecule has 0 atom stereocenters. The van der Waals surface area contributed by atoms with Gasteiger partial charge in [0.15, 0.2) is 11.4 Å². The van der Waals surface area contributed by atoms with Crippen molar-refractivity contribution in [2.45, 2.75) is 0 Å². The van der Waals surface area contributed by atoms with Crippen LogP contribution in [-0.4, -0.2) is 22.7 Å². The minimum Gasteiger partial charge on any atom is -0.408 e. The number of pyridine rings is 1. The Labute approximate surface area is 119 Å². The number of ether oxygens (including phenoxy) is 1. The van der Waals surface area contributed by atoms with Crippen molar-refractivity contribution >= 4 is 39.7 Å². The summed E-state index contributed by atoms with van der Waals surface area (Å²) in [6, 6.07) is 0. The van der Waals surface area contributed by atoms with Gasteiger partial charge in [-0.2, -0.15) is 0 Å². The standard InChI is InChI=1S/C10H8IN3O5/c1-12-9(16)18-6-4(11)3-13-7-5(6)8(15)19-10(17)14(7)2/h3H,1-2H3,(H,12,16). The maximum absolute atomic E-state index is 11.8. The highest BCUT2D eigenvalue weighted by Crippen LogP contribution is 2.26. The maximum atomic E-state index is 11.8. The molecule has 0 spiro atoms. The maximum Gasteiger partial charge on any atom is 0.423 e. The molecule has 2 rings (SSSR count). The van der Waals surface area contributed by atoms with Gasteiger partial charge >= 0.3 is 17.5 Å². The van der Waals surface area contributed by atoms with Crippen LogP contribution < -0.4 is 21.4 Å². The highest BCUT2D eigenvalue weighted by atomic mass is 127. The van der Waals surface area contributed by atoms with E-state index in [-0.39, 0.29) is 16.8 Å². The van der Waals surface area contributed by atoms with E-state index in [2.05, 4.69) is 14.7 Å². The van der Waals surface area contributed by atoms with Crippen LogP contribution in [0.2, 0.25) is 0 Å². The molecule has 2 aromatic heterocycles. The fraction of sp³-hybridized carbons (Fsp3) is 0.200. The number of nitrogens with one attached hydrogen (secondary N) is 1. The summed E-state index contributed by atoms with van der Waals surface area (Å²) in [4.78, 5) is 38.4. The Hall–Kier alpha value is -1.91. The van der Waals surface area contributed by atoms with E-state index in [0.29, 0.717) is 3.57 Å². The summed E-state index contributed by atoms with van der Waals surface area (Å²) < 4.78 is 11.0. The van der Waals surface area contributed by atoms with E-state index in [0.717, 1.165) is 4.57 Å². The second kappa shape index (κ2) is 4.99. The molecule has 0 aliphatic rings. The number of hydrogen-bond acceptors (Lipinski definition) is 6. The van der Waals surface area contributed by atoms with Gasteiger partial charge in [0.1, 0.15) is 5.39 Å². The van der Waals surface area contributed by atoms with Crippen LogP contribution in [0.5, 0.6) is 5.75 Å². The first-order valence-corrected chi connectivity index (χ1v) is 6.11. The highest BCUT2D eigenvalue weighted by molar-refractivity contribution is 14.1. The zero-order valence-corrected chi connectivity index (χ0v) is 12.0. The third kappa shape index (κ3) is 2.32. The lowest BCUT2D eigenvalue weighted by atomic mass is 10.3. The molecule has 0 aliphatic heterocycles. The predicted molar refractivity (Wildman–Crippen MR) is 73.3 cm³/mol. The molecule has 0 aliphatic carbocycles. The minimum absolute atomic E-state index is 0.00861. The van der Waals surface area contributed by atoms with Crippen molar-refractivity contribution < 1.29 is 13.9 Å². The smallest absolute Gasteiger partial charge is 0.408 e. The first kappa shape index (κ1) is 13.5. The van der Waals surface area contributed by atoms with Crippen LogP contribution >= 0.6 is 22.6 Å². The highest BCUT2D eigenvalue weighted by Gasteiger charge is 2.18. The van der Waals surface area contributed by atoms with Gasteiger partial charge in [0.05, 0.1) is 3.57 Å². The Bertz CT molecular complexity index is 779. The first-order chi connectivity index (χ1) is 8.95. The zero-order valence-electron chi connectivity index (χ0n) is 9.89. The van der Waals surface area contributed by atoms with Crippen LogP contribution in [0.4, 0.5) is 4.79 Å². The molecule has 8 nitrogen and oxygen atoms in total. The Balaban J connectivity index is 2.86. The summed E-state index contributed by atoms with van der Waals surface area (Å²) >= 11 is 1.86. The molecule has 0 unspecified atom stereocenters. The SMILES string of the molecule is CNC(=O)Oc1c(I)cnc2c1c(=O)oc(=O)n2C. The minimum atomic E-state index is -0.900. The van der Waals surface area contributed by atoms with E-state index >= 15 is 0 Å². The van der Waals surface area contributed by atoms with E-state index < -0.39 is 17.5 Å². The van der Waals surface area contributed by atoms with Crippen LogP contribution in [-0.2, 0) is 7.05 Å². The number of hydrogen-bond donors (Lipinski definition) is 1. The van der Waals surface area contributed by atoms with Gasteiger partial charge in [-0.25, -0.2) is 19.4 Å². The summed E-state index contributed by atoms with van der Waals surface area (Å²) in [5, 5.41) is 2.21. The molecule has 2 aromatic rings. The lowest BCUT2D eigenvalue weighted by Gasteiger charge is -2.09. The van der Waals surface area contributed by atoms with Gasteiger partial charge < -0.3 is 14.5 Å². The van der Waals surface area contributed by atoms with Gasteiger partial charge in [0.2, 0.25) is 0 Å². The van der Waals surface area contributed by atoms with Gasteiger partial charge in [0, 0.05) is 20.3 Å². The molecular weight excluding hydrogens is 369 g/mol. The number of halogens is 1. The summed E-state index contributed by atoms with van der Waals surface area (Å²) in [7, 11) is 2.79. The van der Waals surface area contributed by atoms with E-state index in [1.165, 1.54) is 20.3 Å². The van der Waals surface area contributed by atoms with E-state index in [1.807, 2.05) is 22.6 Å². The fourth-order valence-electron chi connectivity index (χ4n) is 1.43. The number of carbonyl (C=O) groups is 1. The molecule has 100 valence electrons. The normalized spacial score (nSPS) is 10.5. The number of aromatic nitrogens is 2. The number of nitrogens with zero attached hydrogens (tertiary/aromatic N) is 2. The van der Waals surface area contributed by atoms with Crippen LogP contribution in [0.15, 0.2) is 20.2 Å². The average molecular weight is 377 g/mol. The topological polar surface area (TPSA) is 103 Å². The predicted octanol–water partition coefficient (Wildman–Crippen LogP) is 0.209. The molecule has 2 heterocycles. The second-order valence-electron chi connectivity index (χ2n) is 3.49. The van der Waals surface area contributed by atoms with Crippen molar-refractivity contribution in [3.8, 4) is 5.75 Å². The molecule has 19 heavy (non-hydrogen) atoms. The largest absolute Gasteiger partial charge is 0.423 e. The third-order valence-corrected chi connectivity index (χ3v) is 3.11. The molecule has 9 heteroatoms. The Morgan fingerprint density at radius 3 is 2.84 bits per heavy atom. The average Bonchev–Trinajstić information content (AvgIpc) is 2.38. The monoisotopic (exact) mass is 377 g/mol. The fourth-order valence-corrected chi connectivity index (χ4v) is 1.95. The van der Waals surface area contributed by atoms with Gasteiger partial charge in [-0.05, 0) is 22.6 Å². The van der Waals surface area contributed by atoms with Crippen molar-refractivity contribution in [1.29, 1.82) is 0 Å². The molecule has 0 radical (unpaired) electrons. The molecule has 0 saturated heterocycles. The number of aryl methyl sites for hydroxylation is 1. The number of fused-ring (bicyclic) bond motifs is 1. The summed E-state index contributed by atoms with van der Waals surface area (Å²) in [5.74, 6) is -0.827. The summed E-state index contributed by atoms with van der Waals surface area (Å²) in [6.07, 6.45) is 0.652. The van der Waals surface area contributed by atoms with E-state index in [1.54, 1.807) is 0 Å². The van der Waals surface area contributed by atoms with Crippen LogP contribution in [0.3, 0.4) is 0 Å². The van der Waals surface area contributed by atoms with E-state index in [4.69, 9.17) is 4.74 Å². The molecular formula is C10H8IN3O5. The van der Waals surface area contributed by atoms with Crippen LogP contribution in [0.1, 0.15) is 0 Å². The molecule has 0 aromatic carbocycles. The lowest BCUT2D eigenvalue weighted by Crippen LogP contribution is -2.26. The van der Waals surface area contributed by atoms with Gasteiger partial charge in [0.25, 0.3) is 0 Å². The first-order valence-electron chi connectivity index (χ1n) is 5.03. The second-order valence-corrected chi connectivity index (χ2v) is 4.65. The quantitative estimate of drug-likeness (QED) is 0.713. The summed E-state index contributed by atoms with van der Waals surface area (Å²) in [6.45, 7) is 0. The Kier molecular flexibility index (Phi) is 3.55. The Morgan fingerprint density at radius 2 is 2.21 bits per heavy atom. The third-order valence-electron chi connectivity index (χ3n) is 2.34. The van der Waals surface area contributed by atoms with Gasteiger partial charge in [-0.15, -0.1) is 0 Å².